The standard InChI is InChI=1S/C21H24F3N3O3/c1-30-19-8-3-2-7-18(19)27(20(28)29)14-11-25-9-12-26(13-10-25)17-6-4-5-16(15-17)21(22,23)24/h2-8,15H,9-14H2,1H3,(H,28,29). The molecule has 2 aromatic carbocycles. The zero-order valence-electron chi connectivity index (χ0n) is 16.6. The van der Waals surface area contributed by atoms with Crippen LogP contribution in [0.5, 0.6) is 5.75 Å². The van der Waals surface area contributed by atoms with Gasteiger partial charge in [0.1, 0.15) is 5.75 Å². The van der Waals surface area contributed by atoms with Crippen molar-refractivity contribution in [3.05, 3.63) is 54.1 Å². The number of carbonyl (C=O) groups is 1. The van der Waals surface area contributed by atoms with Crippen molar-refractivity contribution in [2.75, 3.05) is 56.2 Å². The molecule has 0 bridgehead atoms. The minimum atomic E-state index is -4.36. The molecule has 1 heterocycles. The van der Waals surface area contributed by atoms with Crippen LogP contribution in [0.3, 0.4) is 0 Å². The lowest BCUT2D eigenvalue weighted by atomic mass is 10.1. The Balaban J connectivity index is 1.58. The Labute approximate surface area is 173 Å². The highest BCUT2D eigenvalue weighted by Gasteiger charge is 2.31. The Hall–Kier alpha value is -2.94. The van der Waals surface area contributed by atoms with Gasteiger partial charge in [0.05, 0.1) is 18.4 Å². The van der Waals surface area contributed by atoms with Crippen LogP contribution in [-0.2, 0) is 6.18 Å². The molecule has 3 rings (SSSR count). The van der Waals surface area contributed by atoms with Gasteiger partial charge in [0.2, 0.25) is 0 Å². The maximum absolute atomic E-state index is 12.9. The Morgan fingerprint density at radius 1 is 1.10 bits per heavy atom. The highest BCUT2D eigenvalue weighted by atomic mass is 19.4. The molecule has 6 nitrogen and oxygen atoms in total. The number of carboxylic acid groups (broad SMARTS) is 1. The first-order valence-corrected chi connectivity index (χ1v) is 9.57. The summed E-state index contributed by atoms with van der Waals surface area (Å²) in [7, 11) is 1.49. The summed E-state index contributed by atoms with van der Waals surface area (Å²) in [4.78, 5) is 17.0. The number of hydrogen-bond acceptors (Lipinski definition) is 4. The average Bonchev–Trinajstić information content (AvgIpc) is 2.74. The third-order valence-corrected chi connectivity index (χ3v) is 5.16. The van der Waals surface area contributed by atoms with Crippen molar-refractivity contribution in [2.24, 2.45) is 0 Å². The quantitative estimate of drug-likeness (QED) is 0.761. The number of rotatable bonds is 6. The van der Waals surface area contributed by atoms with Crippen LogP contribution in [0, 0.1) is 0 Å². The Kier molecular flexibility index (Phi) is 6.71. The molecule has 1 saturated heterocycles. The number of alkyl halides is 3. The van der Waals surface area contributed by atoms with Crippen LogP contribution in [0.1, 0.15) is 5.56 Å². The van der Waals surface area contributed by atoms with Crippen molar-refractivity contribution in [2.45, 2.75) is 6.18 Å². The Morgan fingerprint density at radius 3 is 2.43 bits per heavy atom. The monoisotopic (exact) mass is 423 g/mol. The van der Waals surface area contributed by atoms with Crippen LogP contribution in [0.2, 0.25) is 0 Å². The molecular weight excluding hydrogens is 399 g/mol. The lowest BCUT2D eigenvalue weighted by Gasteiger charge is -2.37. The van der Waals surface area contributed by atoms with Crippen LogP contribution in [0.15, 0.2) is 48.5 Å². The molecule has 2 aromatic rings. The van der Waals surface area contributed by atoms with Gasteiger partial charge in [0.25, 0.3) is 0 Å². The summed E-state index contributed by atoms with van der Waals surface area (Å²) in [5.74, 6) is 0.481. The smallest absolute Gasteiger partial charge is 0.416 e. The SMILES string of the molecule is COc1ccccc1N(CCN1CCN(c2cccc(C(F)(F)F)c2)CC1)C(=O)O. The lowest BCUT2D eigenvalue weighted by molar-refractivity contribution is -0.137. The number of benzene rings is 2. The molecule has 0 aliphatic carbocycles. The van der Waals surface area contributed by atoms with Gasteiger partial charge < -0.3 is 14.7 Å². The van der Waals surface area contributed by atoms with Gasteiger partial charge in [0.15, 0.2) is 0 Å². The summed E-state index contributed by atoms with van der Waals surface area (Å²) in [5.41, 5.74) is 0.372. The molecule has 1 fully saturated rings. The third-order valence-electron chi connectivity index (χ3n) is 5.16. The largest absolute Gasteiger partial charge is 0.495 e. The zero-order valence-corrected chi connectivity index (χ0v) is 16.6. The highest BCUT2D eigenvalue weighted by molar-refractivity contribution is 5.88. The normalized spacial score (nSPS) is 15.1. The van der Waals surface area contributed by atoms with Gasteiger partial charge >= 0.3 is 12.3 Å². The summed E-state index contributed by atoms with van der Waals surface area (Å²) < 4.78 is 44.1. The van der Waals surface area contributed by atoms with E-state index in [0.717, 1.165) is 6.07 Å². The summed E-state index contributed by atoms with van der Waals surface area (Å²) >= 11 is 0. The molecule has 9 heteroatoms. The fraction of sp³-hybridized carbons (Fsp3) is 0.381. The molecule has 1 amide bonds. The number of piperazine rings is 1. The summed E-state index contributed by atoms with van der Waals surface area (Å²) in [6.07, 6.45) is -5.43. The zero-order chi connectivity index (χ0) is 21.7. The number of halogens is 3. The van der Waals surface area contributed by atoms with Crippen molar-refractivity contribution < 1.29 is 27.8 Å². The summed E-state index contributed by atoms with van der Waals surface area (Å²) in [6, 6.07) is 12.3. The van der Waals surface area contributed by atoms with Crippen molar-refractivity contribution in [1.82, 2.24) is 4.90 Å². The van der Waals surface area contributed by atoms with Crippen LogP contribution < -0.4 is 14.5 Å². The van der Waals surface area contributed by atoms with Gasteiger partial charge in [-0.05, 0) is 30.3 Å². The molecule has 0 unspecified atom stereocenters. The van der Waals surface area contributed by atoms with Gasteiger partial charge in [0, 0.05) is 45.0 Å². The maximum Gasteiger partial charge on any atom is 0.416 e. The highest BCUT2D eigenvalue weighted by Crippen LogP contribution is 2.32. The number of hydrogen-bond donors (Lipinski definition) is 1. The molecule has 30 heavy (non-hydrogen) atoms. The molecule has 0 radical (unpaired) electrons. The second kappa shape index (κ2) is 9.25. The number of nitrogens with zero attached hydrogens (tertiary/aromatic N) is 3. The van der Waals surface area contributed by atoms with Crippen LogP contribution in [-0.4, -0.2) is 62.5 Å². The second-order valence-corrected chi connectivity index (χ2v) is 6.98. The van der Waals surface area contributed by atoms with Crippen LogP contribution in [0.25, 0.3) is 0 Å². The third kappa shape index (κ3) is 5.15. The van der Waals surface area contributed by atoms with Gasteiger partial charge in [-0.25, -0.2) is 4.79 Å². The van der Waals surface area contributed by atoms with Crippen molar-refractivity contribution >= 4 is 17.5 Å². The van der Waals surface area contributed by atoms with E-state index in [1.807, 2.05) is 4.90 Å². The fourth-order valence-electron chi connectivity index (χ4n) is 3.52. The molecule has 0 saturated carbocycles. The summed E-state index contributed by atoms with van der Waals surface area (Å²) in [5, 5.41) is 9.61. The number of amides is 1. The van der Waals surface area contributed by atoms with Crippen LogP contribution >= 0.6 is 0 Å². The minimum Gasteiger partial charge on any atom is -0.495 e. The van der Waals surface area contributed by atoms with Gasteiger partial charge in [-0.15, -0.1) is 0 Å². The van der Waals surface area contributed by atoms with Gasteiger partial charge in [-0.2, -0.15) is 13.2 Å². The predicted octanol–water partition coefficient (Wildman–Crippen LogP) is 4.02. The van der Waals surface area contributed by atoms with E-state index in [9.17, 15) is 23.1 Å². The summed E-state index contributed by atoms with van der Waals surface area (Å²) in [6.45, 7) is 3.19. The molecule has 1 aliphatic heterocycles. The van der Waals surface area contributed by atoms with Gasteiger partial charge in [-0.1, -0.05) is 18.2 Å². The van der Waals surface area contributed by atoms with Crippen molar-refractivity contribution in [3.63, 3.8) is 0 Å². The minimum absolute atomic E-state index is 0.263. The van der Waals surface area contributed by atoms with Crippen molar-refractivity contribution in [3.8, 4) is 5.75 Å². The number of ether oxygens (including phenoxy) is 1. The number of anilines is 2. The number of methoxy groups -OCH3 is 1. The topological polar surface area (TPSA) is 56.2 Å². The van der Waals surface area contributed by atoms with E-state index in [4.69, 9.17) is 4.74 Å². The fourth-order valence-corrected chi connectivity index (χ4v) is 3.52. The molecule has 0 spiro atoms. The molecule has 0 aromatic heterocycles. The Bertz CT molecular complexity index is 868. The van der Waals surface area contributed by atoms with Crippen molar-refractivity contribution in [1.29, 1.82) is 0 Å². The number of para-hydroxylation sites is 2. The molecular formula is C21H24F3N3O3. The van der Waals surface area contributed by atoms with E-state index in [2.05, 4.69) is 4.90 Å². The molecule has 1 aliphatic rings. The first-order chi connectivity index (χ1) is 14.3. The average molecular weight is 423 g/mol. The molecule has 1 N–H and O–H groups in total. The predicted molar refractivity (Wildman–Crippen MR) is 108 cm³/mol. The van der Waals surface area contributed by atoms with E-state index in [0.29, 0.717) is 49.8 Å². The van der Waals surface area contributed by atoms with E-state index >= 15 is 0 Å². The molecule has 0 atom stereocenters. The van der Waals surface area contributed by atoms with E-state index in [1.54, 1.807) is 30.3 Å². The van der Waals surface area contributed by atoms with E-state index < -0.39 is 17.8 Å². The lowest BCUT2D eigenvalue weighted by Crippen LogP contribution is -2.49. The maximum atomic E-state index is 12.9. The first kappa shape index (κ1) is 21.8. The van der Waals surface area contributed by atoms with Crippen LogP contribution in [0.4, 0.5) is 29.3 Å². The first-order valence-electron chi connectivity index (χ1n) is 9.57. The molecule has 162 valence electrons. The van der Waals surface area contributed by atoms with Gasteiger partial charge in [-0.3, -0.25) is 9.80 Å². The van der Waals surface area contributed by atoms with E-state index in [1.165, 1.54) is 24.1 Å². The Morgan fingerprint density at radius 2 is 1.80 bits per heavy atom. The second-order valence-electron chi connectivity index (χ2n) is 6.98. The van der Waals surface area contributed by atoms with E-state index in [-0.39, 0.29) is 6.54 Å².